The molecule has 0 radical (unpaired) electrons. The average Bonchev–Trinajstić information content (AvgIpc) is 2.96. The monoisotopic (exact) mass is 364 g/mol. The molecule has 1 heterocycles. The highest BCUT2D eigenvalue weighted by Gasteiger charge is 2.13. The Morgan fingerprint density at radius 3 is 2.42 bits per heavy atom. The molecular formula is C18H21ClN2O2S. The number of rotatable bonds is 5. The second-order valence-electron chi connectivity index (χ2n) is 6.40. The van der Waals surface area contributed by atoms with E-state index in [-0.39, 0.29) is 17.9 Å². The molecular weight excluding hydrogens is 344 g/mol. The molecule has 0 fully saturated rings. The molecule has 0 aliphatic rings. The number of hydrogen-bond acceptors (Lipinski definition) is 4. The summed E-state index contributed by atoms with van der Waals surface area (Å²) < 4.78 is 6.17. The zero-order valence-corrected chi connectivity index (χ0v) is 15.8. The molecule has 2 aromatic rings. The van der Waals surface area contributed by atoms with Gasteiger partial charge in [0.1, 0.15) is 5.75 Å². The van der Waals surface area contributed by atoms with Crippen LogP contribution in [0, 0.1) is 0 Å². The lowest BCUT2D eigenvalue weighted by molar-refractivity contribution is -0.123. The van der Waals surface area contributed by atoms with Crippen LogP contribution in [0.3, 0.4) is 0 Å². The first kappa shape index (κ1) is 18.5. The van der Waals surface area contributed by atoms with Crippen LogP contribution < -0.4 is 10.2 Å². The summed E-state index contributed by atoms with van der Waals surface area (Å²) in [5, 5.41) is 4.06. The lowest BCUT2D eigenvalue weighted by Gasteiger charge is -2.19. The number of carbonyl (C=O) groups excluding carboxylic acids is 1. The van der Waals surface area contributed by atoms with E-state index in [0.29, 0.717) is 15.8 Å². The fourth-order valence-corrected chi connectivity index (χ4v) is 2.93. The summed E-state index contributed by atoms with van der Waals surface area (Å²) in [6.07, 6.45) is 0. The van der Waals surface area contributed by atoms with Crippen molar-refractivity contribution in [3.8, 4) is 5.75 Å². The standard InChI is InChI=1S/C18H21ClN2O2S/c1-12(15-9-10-16(19)24-15)20-21-17(22)11-23-14-7-5-13(6-8-14)18(2,3)4/h5-10H,11H2,1-4H3,(H,21,22)/b20-12+. The van der Waals surface area contributed by atoms with Crippen molar-refractivity contribution in [3.05, 3.63) is 51.2 Å². The van der Waals surface area contributed by atoms with Gasteiger partial charge in [-0.25, -0.2) is 5.43 Å². The summed E-state index contributed by atoms with van der Waals surface area (Å²) in [4.78, 5) is 12.7. The van der Waals surface area contributed by atoms with Crippen molar-refractivity contribution < 1.29 is 9.53 Å². The molecule has 24 heavy (non-hydrogen) atoms. The minimum absolute atomic E-state index is 0.0865. The Bertz CT molecular complexity index is 730. The number of nitrogens with one attached hydrogen (secondary N) is 1. The first-order valence-corrected chi connectivity index (χ1v) is 8.77. The quantitative estimate of drug-likeness (QED) is 0.621. The highest BCUT2D eigenvalue weighted by atomic mass is 35.5. The number of benzene rings is 1. The van der Waals surface area contributed by atoms with Gasteiger partial charge in [-0.05, 0) is 42.2 Å². The van der Waals surface area contributed by atoms with E-state index < -0.39 is 0 Å². The molecule has 0 spiro atoms. The molecule has 1 aromatic heterocycles. The van der Waals surface area contributed by atoms with Crippen LogP contribution in [0.2, 0.25) is 4.34 Å². The maximum Gasteiger partial charge on any atom is 0.277 e. The number of hydrazone groups is 1. The van der Waals surface area contributed by atoms with E-state index >= 15 is 0 Å². The average molecular weight is 365 g/mol. The Balaban J connectivity index is 1.85. The zero-order valence-electron chi connectivity index (χ0n) is 14.2. The predicted molar refractivity (Wildman–Crippen MR) is 100 cm³/mol. The van der Waals surface area contributed by atoms with Gasteiger partial charge in [0.15, 0.2) is 6.61 Å². The molecule has 4 nitrogen and oxygen atoms in total. The maximum atomic E-state index is 11.8. The van der Waals surface area contributed by atoms with Crippen LogP contribution in [0.4, 0.5) is 0 Å². The lowest BCUT2D eigenvalue weighted by Crippen LogP contribution is -2.25. The topological polar surface area (TPSA) is 50.7 Å². The largest absolute Gasteiger partial charge is 0.484 e. The Hall–Kier alpha value is -1.85. The Labute approximate surface area is 151 Å². The van der Waals surface area contributed by atoms with E-state index in [9.17, 15) is 4.79 Å². The molecule has 0 unspecified atom stereocenters. The number of halogens is 1. The third-order valence-corrected chi connectivity index (χ3v) is 4.71. The second kappa shape index (κ2) is 7.81. The maximum absolute atomic E-state index is 11.8. The highest BCUT2D eigenvalue weighted by Crippen LogP contribution is 2.24. The molecule has 1 aromatic carbocycles. The molecule has 0 bridgehead atoms. The first-order valence-electron chi connectivity index (χ1n) is 7.58. The lowest BCUT2D eigenvalue weighted by atomic mass is 9.87. The van der Waals surface area contributed by atoms with Crippen molar-refractivity contribution in [2.45, 2.75) is 33.1 Å². The first-order chi connectivity index (χ1) is 11.3. The molecule has 6 heteroatoms. The van der Waals surface area contributed by atoms with Crippen molar-refractivity contribution >= 4 is 34.6 Å². The van der Waals surface area contributed by atoms with Crippen LogP contribution in [-0.4, -0.2) is 18.2 Å². The highest BCUT2D eigenvalue weighted by molar-refractivity contribution is 7.18. The SMILES string of the molecule is C/C(=N\NC(=O)COc1ccc(C(C)(C)C)cc1)c1ccc(Cl)s1. The van der Waals surface area contributed by atoms with E-state index in [1.807, 2.05) is 37.3 Å². The smallest absolute Gasteiger partial charge is 0.277 e. The van der Waals surface area contributed by atoms with Gasteiger partial charge in [-0.3, -0.25) is 4.79 Å². The third-order valence-electron chi connectivity index (χ3n) is 3.37. The van der Waals surface area contributed by atoms with E-state index in [4.69, 9.17) is 16.3 Å². The van der Waals surface area contributed by atoms with E-state index in [1.165, 1.54) is 16.9 Å². The molecule has 0 saturated heterocycles. The van der Waals surface area contributed by atoms with Crippen LogP contribution >= 0.6 is 22.9 Å². The zero-order chi connectivity index (χ0) is 17.7. The normalized spacial score (nSPS) is 12.1. The Morgan fingerprint density at radius 2 is 1.88 bits per heavy atom. The number of amides is 1. The minimum atomic E-state index is -0.308. The molecule has 1 N–H and O–H groups in total. The fourth-order valence-electron chi connectivity index (χ4n) is 1.94. The van der Waals surface area contributed by atoms with Gasteiger partial charge in [-0.2, -0.15) is 5.10 Å². The molecule has 0 atom stereocenters. The summed E-state index contributed by atoms with van der Waals surface area (Å²) in [6.45, 7) is 8.18. The van der Waals surface area contributed by atoms with Crippen LogP contribution in [0.1, 0.15) is 38.1 Å². The summed E-state index contributed by atoms with van der Waals surface area (Å²) in [5.74, 6) is 0.348. The molecule has 128 valence electrons. The molecule has 2 rings (SSSR count). The van der Waals surface area contributed by atoms with Crippen molar-refractivity contribution in [1.82, 2.24) is 5.43 Å². The Kier molecular flexibility index (Phi) is 6.02. The molecule has 1 amide bonds. The Morgan fingerprint density at radius 1 is 1.21 bits per heavy atom. The van der Waals surface area contributed by atoms with E-state index in [1.54, 1.807) is 6.07 Å². The van der Waals surface area contributed by atoms with Gasteiger partial charge in [0.2, 0.25) is 0 Å². The van der Waals surface area contributed by atoms with Crippen molar-refractivity contribution in [1.29, 1.82) is 0 Å². The summed E-state index contributed by atoms with van der Waals surface area (Å²) in [6, 6.07) is 11.4. The van der Waals surface area contributed by atoms with Crippen LogP contribution in [0.5, 0.6) is 5.75 Å². The van der Waals surface area contributed by atoms with Gasteiger partial charge in [0.25, 0.3) is 5.91 Å². The molecule has 0 aliphatic carbocycles. The molecule has 0 saturated carbocycles. The number of nitrogens with zero attached hydrogens (tertiary/aromatic N) is 1. The number of hydrogen-bond donors (Lipinski definition) is 1. The minimum Gasteiger partial charge on any atom is -0.484 e. The van der Waals surface area contributed by atoms with Crippen molar-refractivity contribution in [2.75, 3.05) is 6.61 Å². The number of ether oxygens (including phenoxy) is 1. The predicted octanol–water partition coefficient (Wildman–Crippen LogP) is 4.62. The van der Waals surface area contributed by atoms with Gasteiger partial charge in [0.05, 0.1) is 14.9 Å². The summed E-state index contributed by atoms with van der Waals surface area (Å²) >= 11 is 7.29. The van der Waals surface area contributed by atoms with Gasteiger partial charge in [-0.1, -0.05) is 44.5 Å². The van der Waals surface area contributed by atoms with Gasteiger partial charge < -0.3 is 4.74 Å². The number of carbonyl (C=O) groups is 1. The van der Waals surface area contributed by atoms with E-state index in [2.05, 4.69) is 31.3 Å². The van der Waals surface area contributed by atoms with Crippen molar-refractivity contribution in [3.63, 3.8) is 0 Å². The summed E-state index contributed by atoms with van der Waals surface area (Å²) in [5.41, 5.74) is 4.49. The number of thiophene rings is 1. The van der Waals surface area contributed by atoms with Crippen molar-refractivity contribution in [2.24, 2.45) is 5.10 Å². The summed E-state index contributed by atoms with van der Waals surface area (Å²) in [7, 11) is 0. The van der Waals surface area contributed by atoms with Crippen LogP contribution in [0.25, 0.3) is 0 Å². The van der Waals surface area contributed by atoms with Crippen LogP contribution in [0.15, 0.2) is 41.5 Å². The van der Waals surface area contributed by atoms with Gasteiger partial charge >= 0.3 is 0 Å². The van der Waals surface area contributed by atoms with E-state index in [0.717, 1.165) is 4.88 Å². The van der Waals surface area contributed by atoms with Crippen LogP contribution in [-0.2, 0) is 10.2 Å². The third kappa shape index (κ3) is 5.35. The second-order valence-corrected chi connectivity index (χ2v) is 8.11. The fraction of sp³-hybridized carbons (Fsp3) is 0.333. The molecule has 0 aliphatic heterocycles. The van der Waals surface area contributed by atoms with Gasteiger partial charge in [0, 0.05) is 0 Å². The van der Waals surface area contributed by atoms with Gasteiger partial charge in [-0.15, -0.1) is 11.3 Å².